The third kappa shape index (κ3) is 1.76. The molecule has 1 aromatic carbocycles. The summed E-state index contributed by atoms with van der Waals surface area (Å²) in [4.78, 5) is 0. The molecule has 0 amide bonds. The van der Waals surface area contributed by atoms with E-state index in [0.717, 1.165) is 0 Å². The van der Waals surface area contributed by atoms with Crippen LogP contribution in [-0.2, 0) is 0 Å². The summed E-state index contributed by atoms with van der Waals surface area (Å²) in [5.74, 6) is -4.44. The number of hydrogen-bond donors (Lipinski definition) is 0. The van der Waals surface area contributed by atoms with Crippen LogP contribution in [0.25, 0.3) is 0 Å². The van der Waals surface area contributed by atoms with Gasteiger partial charge in [0, 0.05) is 11.6 Å². The van der Waals surface area contributed by atoms with Gasteiger partial charge in [-0.05, 0) is 13.8 Å². The standard InChI is InChI=1S/C9H8F3O/c1-3-13-9-5(2)4-6(10)7(11)8(9)12/h3H2,1-2H3. The maximum absolute atomic E-state index is 13.0. The molecular formula is C9H8F3O. The largest absolute Gasteiger partial charge is 0.490 e. The average Bonchev–Trinajstić information content (AvgIpc) is 2.09. The van der Waals surface area contributed by atoms with E-state index < -0.39 is 17.5 Å². The van der Waals surface area contributed by atoms with Crippen molar-refractivity contribution in [1.82, 2.24) is 0 Å². The van der Waals surface area contributed by atoms with Crippen LogP contribution in [0, 0.1) is 30.4 Å². The first-order chi connectivity index (χ1) is 6.07. The predicted octanol–water partition coefficient (Wildman–Crippen LogP) is 2.61. The lowest BCUT2D eigenvalue weighted by atomic mass is 10.2. The van der Waals surface area contributed by atoms with Gasteiger partial charge in [-0.1, -0.05) is 0 Å². The van der Waals surface area contributed by atoms with Gasteiger partial charge < -0.3 is 4.74 Å². The summed E-state index contributed by atoms with van der Waals surface area (Å²) >= 11 is 0. The van der Waals surface area contributed by atoms with Gasteiger partial charge in [0.2, 0.25) is 5.82 Å². The zero-order valence-corrected chi connectivity index (χ0v) is 7.25. The van der Waals surface area contributed by atoms with Crippen molar-refractivity contribution >= 4 is 0 Å². The molecule has 0 spiro atoms. The Balaban J connectivity index is 3.26. The van der Waals surface area contributed by atoms with Gasteiger partial charge in [0.05, 0.1) is 6.61 Å². The number of aryl methyl sites for hydroxylation is 1. The number of rotatable bonds is 2. The van der Waals surface area contributed by atoms with Crippen LogP contribution in [0.5, 0.6) is 5.75 Å². The summed E-state index contributed by atoms with van der Waals surface area (Å²) in [6, 6.07) is 2.03. The summed E-state index contributed by atoms with van der Waals surface area (Å²) in [5.41, 5.74) is 0.123. The Morgan fingerprint density at radius 2 is 1.85 bits per heavy atom. The number of hydrogen-bond acceptors (Lipinski definition) is 1. The van der Waals surface area contributed by atoms with Crippen LogP contribution >= 0.6 is 0 Å². The van der Waals surface area contributed by atoms with E-state index >= 15 is 0 Å². The first-order valence-corrected chi connectivity index (χ1v) is 3.77. The minimum absolute atomic E-state index is 0.123. The highest BCUT2D eigenvalue weighted by molar-refractivity contribution is 5.34. The lowest BCUT2D eigenvalue weighted by molar-refractivity contribution is 0.306. The topological polar surface area (TPSA) is 9.23 Å². The van der Waals surface area contributed by atoms with Gasteiger partial charge in [0.1, 0.15) is 0 Å². The average molecular weight is 189 g/mol. The molecule has 0 N–H and O–H groups in total. The zero-order valence-electron chi connectivity index (χ0n) is 7.25. The fourth-order valence-electron chi connectivity index (χ4n) is 0.953. The Morgan fingerprint density at radius 1 is 1.23 bits per heavy atom. The zero-order chi connectivity index (χ0) is 10.0. The first-order valence-electron chi connectivity index (χ1n) is 3.77. The molecule has 0 aliphatic rings. The predicted molar refractivity (Wildman–Crippen MR) is 41.1 cm³/mol. The molecular weight excluding hydrogens is 181 g/mol. The smallest absolute Gasteiger partial charge is 0.203 e. The molecule has 4 heteroatoms. The Labute approximate surface area is 74.1 Å². The van der Waals surface area contributed by atoms with Gasteiger partial charge in [0.25, 0.3) is 0 Å². The highest BCUT2D eigenvalue weighted by atomic mass is 19.2. The van der Waals surface area contributed by atoms with E-state index in [1.54, 1.807) is 6.92 Å². The second kappa shape index (κ2) is 3.68. The van der Waals surface area contributed by atoms with E-state index in [-0.39, 0.29) is 17.9 Å². The Bertz CT molecular complexity index is 323. The van der Waals surface area contributed by atoms with E-state index in [4.69, 9.17) is 4.74 Å². The van der Waals surface area contributed by atoms with Gasteiger partial charge in [-0.15, -0.1) is 0 Å². The van der Waals surface area contributed by atoms with Gasteiger partial charge >= 0.3 is 0 Å². The fourth-order valence-corrected chi connectivity index (χ4v) is 0.953. The van der Waals surface area contributed by atoms with Crippen molar-refractivity contribution < 1.29 is 17.9 Å². The minimum atomic E-state index is -1.55. The first kappa shape index (κ1) is 9.89. The van der Waals surface area contributed by atoms with Gasteiger partial charge in [-0.3, -0.25) is 0 Å². The number of ether oxygens (including phenoxy) is 1. The van der Waals surface area contributed by atoms with Crippen LogP contribution in [0.15, 0.2) is 0 Å². The second-order valence-electron chi connectivity index (χ2n) is 2.45. The molecule has 1 nitrogen and oxygen atoms in total. The summed E-state index contributed by atoms with van der Waals surface area (Å²) in [6.07, 6.45) is 0. The monoisotopic (exact) mass is 189 g/mol. The molecule has 13 heavy (non-hydrogen) atoms. The second-order valence-corrected chi connectivity index (χ2v) is 2.45. The maximum Gasteiger partial charge on any atom is 0.203 e. The summed E-state index contributed by atoms with van der Waals surface area (Å²) in [6.45, 7) is 3.22. The van der Waals surface area contributed by atoms with E-state index in [9.17, 15) is 13.2 Å². The molecule has 0 atom stereocenters. The van der Waals surface area contributed by atoms with Gasteiger partial charge in [-0.25, -0.2) is 8.78 Å². The lowest BCUT2D eigenvalue weighted by Crippen LogP contribution is -2.02. The van der Waals surface area contributed by atoms with Crippen molar-refractivity contribution in [2.75, 3.05) is 6.61 Å². The molecule has 0 aliphatic carbocycles. The van der Waals surface area contributed by atoms with Crippen molar-refractivity contribution in [2.45, 2.75) is 13.8 Å². The van der Waals surface area contributed by atoms with Crippen molar-refractivity contribution in [2.24, 2.45) is 0 Å². The van der Waals surface area contributed by atoms with E-state index in [2.05, 4.69) is 0 Å². The van der Waals surface area contributed by atoms with Crippen molar-refractivity contribution in [1.29, 1.82) is 0 Å². The number of halogens is 3. The van der Waals surface area contributed by atoms with Crippen LogP contribution in [0.2, 0.25) is 0 Å². The Morgan fingerprint density at radius 3 is 2.38 bits per heavy atom. The van der Waals surface area contributed by atoms with Crippen LogP contribution in [0.1, 0.15) is 12.5 Å². The third-order valence-corrected chi connectivity index (χ3v) is 1.51. The fraction of sp³-hybridized carbons (Fsp3) is 0.333. The Kier molecular flexibility index (Phi) is 2.80. The summed E-state index contributed by atoms with van der Waals surface area (Å²) in [5, 5.41) is 0. The van der Waals surface area contributed by atoms with Crippen molar-refractivity contribution in [3.05, 3.63) is 29.1 Å². The molecule has 0 bridgehead atoms. The van der Waals surface area contributed by atoms with E-state index in [1.165, 1.54) is 6.92 Å². The van der Waals surface area contributed by atoms with Crippen LogP contribution in [0.4, 0.5) is 13.2 Å². The van der Waals surface area contributed by atoms with Crippen LogP contribution in [-0.4, -0.2) is 6.61 Å². The molecule has 0 aliphatic heterocycles. The molecule has 71 valence electrons. The van der Waals surface area contributed by atoms with Gasteiger partial charge in [-0.2, -0.15) is 4.39 Å². The molecule has 0 saturated carbocycles. The molecule has 1 radical (unpaired) electrons. The molecule has 0 heterocycles. The normalized spacial score (nSPS) is 10.2. The lowest BCUT2D eigenvalue weighted by Gasteiger charge is -2.08. The van der Waals surface area contributed by atoms with E-state index in [1.807, 2.05) is 6.07 Å². The van der Waals surface area contributed by atoms with Crippen LogP contribution in [0.3, 0.4) is 0 Å². The number of benzene rings is 1. The Hall–Kier alpha value is -1.19. The van der Waals surface area contributed by atoms with Crippen molar-refractivity contribution in [3.8, 4) is 5.75 Å². The SMILES string of the molecule is CCOc1c(C)[c]c(F)c(F)c1F. The quantitative estimate of drug-likeness (QED) is 0.650. The molecule has 0 fully saturated rings. The molecule has 1 rings (SSSR count). The summed E-state index contributed by atoms with van der Waals surface area (Å²) < 4.78 is 42.9. The molecule has 0 aromatic heterocycles. The highest BCUT2D eigenvalue weighted by Crippen LogP contribution is 2.25. The van der Waals surface area contributed by atoms with Gasteiger partial charge in [0.15, 0.2) is 17.4 Å². The molecule has 1 aromatic rings. The molecule has 0 unspecified atom stereocenters. The molecule has 0 saturated heterocycles. The van der Waals surface area contributed by atoms with E-state index in [0.29, 0.717) is 0 Å². The van der Waals surface area contributed by atoms with Crippen LogP contribution < -0.4 is 4.74 Å². The maximum atomic E-state index is 13.0. The van der Waals surface area contributed by atoms with Crippen molar-refractivity contribution in [3.63, 3.8) is 0 Å². The highest BCUT2D eigenvalue weighted by Gasteiger charge is 2.17. The third-order valence-electron chi connectivity index (χ3n) is 1.51. The summed E-state index contributed by atoms with van der Waals surface area (Å²) in [7, 11) is 0. The minimum Gasteiger partial charge on any atom is -0.490 e.